The van der Waals surface area contributed by atoms with Crippen molar-refractivity contribution in [2.24, 2.45) is 5.92 Å². The molecule has 1 saturated heterocycles. The molecule has 1 aliphatic heterocycles. The Bertz CT molecular complexity index is 752. The molecule has 3 rings (SSSR count). The third kappa shape index (κ3) is 3.34. The first kappa shape index (κ1) is 15.9. The maximum absolute atomic E-state index is 12.2. The molecule has 1 aromatic heterocycles. The Morgan fingerprint density at radius 2 is 2.08 bits per heavy atom. The molecule has 9 heteroatoms. The minimum atomic E-state index is -0.383. The van der Waals surface area contributed by atoms with Crippen LogP contribution in [0.15, 0.2) is 28.8 Å². The Labute approximate surface area is 137 Å². The zero-order chi connectivity index (χ0) is 17.1. The summed E-state index contributed by atoms with van der Waals surface area (Å²) in [4.78, 5) is 28.9. The van der Waals surface area contributed by atoms with E-state index >= 15 is 0 Å². The standard InChI is InChI=1S/C15H17N5O4/c1-10-16-15(24-18-10)17-14(21)11-6-8-19(9-7-11)12-4-2-3-5-13(12)20(22)23/h2-5,11H,6-9H2,1H3,(H,16,17,18,21). The Kier molecular flexibility index (Phi) is 4.41. The van der Waals surface area contributed by atoms with Crippen LogP contribution >= 0.6 is 0 Å². The van der Waals surface area contributed by atoms with Gasteiger partial charge in [0.1, 0.15) is 5.69 Å². The molecule has 2 heterocycles. The summed E-state index contributed by atoms with van der Waals surface area (Å²) in [5.74, 6) is 0.105. The van der Waals surface area contributed by atoms with Crippen molar-refractivity contribution < 1.29 is 14.2 Å². The topological polar surface area (TPSA) is 114 Å². The van der Waals surface area contributed by atoms with Crippen molar-refractivity contribution in [1.29, 1.82) is 0 Å². The second-order valence-corrected chi connectivity index (χ2v) is 5.64. The third-order valence-corrected chi connectivity index (χ3v) is 4.04. The van der Waals surface area contributed by atoms with Gasteiger partial charge in [0.2, 0.25) is 5.91 Å². The molecule has 0 bridgehead atoms. The number of amides is 1. The van der Waals surface area contributed by atoms with Gasteiger partial charge in [-0.25, -0.2) is 0 Å². The number of hydrogen-bond donors (Lipinski definition) is 1. The maximum Gasteiger partial charge on any atom is 0.328 e. The van der Waals surface area contributed by atoms with Crippen molar-refractivity contribution >= 4 is 23.3 Å². The summed E-state index contributed by atoms with van der Waals surface area (Å²) in [5.41, 5.74) is 0.677. The van der Waals surface area contributed by atoms with Gasteiger partial charge in [0.15, 0.2) is 5.82 Å². The molecule has 1 aromatic carbocycles. The fraction of sp³-hybridized carbons (Fsp3) is 0.400. The molecule has 1 fully saturated rings. The number of nitro benzene ring substituents is 1. The lowest BCUT2D eigenvalue weighted by Crippen LogP contribution is -2.38. The molecule has 0 unspecified atom stereocenters. The van der Waals surface area contributed by atoms with E-state index in [0.717, 1.165) is 0 Å². The first-order chi connectivity index (χ1) is 11.5. The predicted octanol–water partition coefficient (Wildman–Crippen LogP) is 2.14. The van der Waals surface area contributed by atoms with Crippen molar-refractivity contribution in [3.05, 3.63) is 40.2 Å². The summed E-state index contributed by atoms with van der Waals surface area (Å²) in [6.45, 7) is 2.82. The zero-order valence-electron chi connectivity index (χ0n) is 13.1. The lowest BCUT2D eigenvalue weighted by molar-refractivity contribution is -0.384. The van der Waals surface area contributed by atoms with E-state index in [9.17, 15) is 14.9 Å². The van der Waals surface area contributed by atoms with Crippen LogP contribution < -0.4 is 10.2 Å². The van der Waals surface area contributed by atoms with E-state index < -0.39 is 0 Å². The molecular formula is C15H17N5O4. The van der Waals surface area contributed by atoms with Crippen molar-refractivity contribution in [1.82, 2.24) is 10.1 Å². The van der Waals surface area contributed by atoms with Crippen LogP contribution in [0.4, 0.5) is 17.4 Å². The van der Waals surface area contributed by atoms with Gasteiger partial charge in [0.05, 0.1) is 4.92 Å². The highest BCUT2D eigenvalue weighted by molar-refractivity contribution is 5.90. The Morgan fingerprint density at radius 1 is 1.38 bits per heavy atom. The number of nitrogens with zero attached hydrogens (tertiary/aromatic N) is 4. The Morgan fingerprint density at radius 3 is 2.71 bits per heavy atom. The normalized spacial score (nSPS) is 15.3. The first-order valence-electron chi connectivity index (χ1n) is 7.64. The van der Waals surface area contributed by atoms with Gasteiger partial charge in [-0.1, -0.05) is 17.3 Å². The summed E-state index contributed by atoms with van der Waals surface area (Å²) in [6, 6.07) is 6.75. The number of nitro groups is 1. The number of carbonyl (C=O) groups is 1. The number of benzene rings is 1. The minimum absolute atomic E-state index is 0.0849. The summed E-state index contributed by atoms with van der Waals surface area (Å²) < 4.78 is 4.88. The monoisotopic (exact) mass is 331 g/mol. The number of aryl methyl sites for hydroxylation is 1. The lowest BCUT2D eigenvalue weighted by atomic mass is 9.95. The minimum Gasteiger partial charge on any atom is -0.366 e. The van der Waals surface area contributed by atoms with E-state index in [1.54, 1.807) is 25.1 Å². The van der Waals surface area contributed by atoms with E-state index in [-0.39, 0.29) is 28.5 Å². The largest absolute Gasteiger partial charge is 0.366 e. The van der Waals surface area contributed by atoms with E-state index in [1.165, 1.54) is 6.07 Å². The van der Waals surface area contributed by atoms with E-state index in [1.807, 2.05) is 4.90 Å². The number of para-hydroxylation sites is 2. The average molecular weight is 331 g/mol. The molecule has 0 atom stereocenters. The highest BCUT2D eigenvalue weighted by atomic mass is 16.6. The molecule has 9 nitrogen and oxygen atoms in total. The highest BCUT2D eigenvalue weighted by Gasteiger charge is 2.28. The molecule has 0 saturated carbocycles. The number of nitrogens with one attached hydrogen (secondary N) is 1. The molecule has 0 spiro atoms. The molecule has 1 N–H and O–H groups in total. The van der Waals surface area contributed by atoms with Gasteiger partial charge in [0, 0.05) is 25.1 Å². The summed E-state index contributed by atoms with van der Waals surface area (Å²) in [7, 11) is 0. The SMILES string of the molecule is Cc1noc(NC(=O)C2CCN(c3ccccc3[N+](=O)[O-])CC2)n1. The quantitative estimate of drug-likeness (QED) is 0.674. The van der Waals surface area contributed by atoms with Crippen LogP contribution in [0.3, 0.4) is 0 Å². The number of piperidine rings is 1. The number of anilines is 2. The summed E-state index contributed by atoms with van der Waals surface area (Å²) >= 11 is 0. The Balaban J connectivity index is 1.62. The van der Waals surface area contributed by atoms with Gasteiger partial charge >= 0.3 is 6.01 Å². The smallest absolute Gasteiger partial charge is 0.328 e. The van der Waals surface area contributed by atoms with Gasteiger partial charge < -0.3 is 9.42 Å². The number of hydrogen-bond acceptors (Lipinski definition) is 7. The van der Waals surface area contributed by atoms with Crippen LogP contribution in [0.2, 0.25) is 0 Å². The van der Waals surface area contributed by atoms with Crippen LogP contribution in [-0.4, -0.2) is 34.1 Å². The molecule has 126 valence electrons. The van der Waals surface area contributed by atoms with E-state index in [2.05, 4.69) is 15.5 Å². The van der Waals surface area contributed by atoms with E-state index in [0.29, 0.717) is 37.4 Å². The van der Waals surface area contributed by atoms with Gasteiger partial charge in [-0.05, 0) is 25.8 Å². The fourth-order valence-corrected chi connectivity index (χ4v) is 2.82. The highest BCUT2D eigenvalue weighted by Crippen LogP contribution is 2.31. The molecule has 1 amide bonds. The number of rotatable bonds is 4. The van der Waals surface area contributed by atoms with Gasteiger partial charge in [0.25, 0.3) is 5.69 Å². The predicted molar refractivity (Wildman–Crippen MR) is 85.7 cm³/mol. The lowest BCUT2D eigenvalue weighted by Gasteiger charge is -2.32. The average Bonchev–Trinajstić information content (AvgIpc) is 3.00. The molecule has 0 aliphatic carbocycles. The van der Waals surface area contributed by atoms with Crippen molar-refractivity contribution in [2.45, 2.75) is 19.8 Å². The molecule has 2 aromatic rings. The second-order valence-electron chi connectivity index (χ2n) is 5.64. The molecule has 24 heavy (non-hydrogen) atoms. The molecule has 1 aliphatic rings. The van der Waals surface area contributed by atoms with Gasteiger partial charge in [-0.2, -0.15) is 4.98 Å². The van der Waals surface area contributed by atoms with E-state index in [4.69, 9.17) is 4.52 Å². The fourth-order valence-electron chi connectivity index (χ4n) is 2.82. The number of carbonyl (C=O) groups excluding carboxylic acids is 1. The number of aromatic nitrogens is 2. The second kappa shape index (κ2) is 6.65. The zero-order valence-corrected chi connectivity index (χ0v) is 13.1. The first-order valence-corrected chi connectivity index (χ1v) is 7.64. The van der Waals surface area contributed by atoms with Crippen LogP contribution in [0, 0.1) is 23.0 Å². The van der Waals surface area contributed by atoms with Gasteiger partial charge in [-0.15, -0.1) is 0 Å². The maximum atomic E-state index is 12.2. The third-order valence-electron chi connectivity index (χ3n) is 4.04. The molecule has 0 radical (unpaired) electrons. The summed E-state index contributed by atoms with van der Waals surface area (Å²) in [6.07, 6.45) is 1.20. The van der Waals surface area contributed by atoms with Crippen molar-refractivity contribution in [2.75, 3.05) is 23.3 Å². The molecular weight excluding hydrogens is 314 g/mol. The van der Waals surface area contributed by atoms with Crippen LogP contribution in [0.25, 0.3) is 0 Å². The van der Waals surface area contributed by atoms with Crippen LogP contribution in [0.5, 0.6) is 0 Å². The van der Waals surface area contributed by atoms with Crippen molar-refractivity contribution in [3.8, 4) is 0 Å². The van der Waals surface area contributed by atoms with Crippen LogP contribution in [0.1, 0.15) is 18.7 Å². The van der Waals surface area contributed by atoms with Crippen LogP contribution in [-0.2, 0) is 4.79 Å². The Hall–Kier alpha value is -2.97. The van der Waals surface area contributed by atoms with Crippen molar-refractivity contribution in [3.63, 3.8) is 0 Å². The summed E-state index contributed by atoms with van der Waals surface area (Å²) in [5, 5.41) is 17.4. The van der Waals surface area contributed by atoms with Gasteiger partial charge in [-0.3, -0.25) is 20.2 Å².